The first-order valence-electron chi connectivity index (χ1n) is 13.9. The Morgan fingerprint density at radius 1 is 0.907 bits per heavy atom. The number of alkyl halides is 3. The van der Waals surface area contributed by atoms with Crippen molar-refractivity contribution in [2.75, 3.05) is 6.61 Å². The van der Waals surface area contributed by atoms with Crippen LogP contribution >= 0.6 is 0 Å². The quantitative estimate of drug-likeness (QED) is 0.0941. The van der Waals surface area contributed by atoms with Crippen molar-refractivity contribution in [2.45, 2.75) is 51.7 Å². The minimum atomic E-state index is -4.58. The lowest BCUT2D eigenvalue weighted by molar-refractivity contribution is -0.146. The van der Waals surface area contributed by atoms with Gasteiger partial charge in [0.15, 0.2) is 11.9 Å². The van der Waals surface area contributed by atoms with Crippen LogP contribution in [0.4, 0.5) is 17.6 Å². The van der Waals surface area contributed by atoms with E-state index in [9.17, 15) is 22.4 Å². The molecule has 2 aliphatic heterocycles. The number of carbonyl (C=O) groups is 1. The molecule has 1 atom stereocenters. The number of hydrogen-bond acceptors (Lipinski definition) is 6. The number of fused-ring (bicyclic) bond motifs is 1. The Hall–Kier alpha value is -4.67. The van der Waals surface area contributed by atoms with Crippen molar-refractivity contribution in [3.05, 3.63) is 95.7 Å². The van der Waals surface area contributed by atoms with E-state index in [1.165, 1.54) is 28.8 Å². The first kappa shape index (κ1) is 29.8. The van der Waals surface area contributed by atoms with Gasteiger partial charge in [0, 0.05) is 18.0 Å². The molecule has 0 amide bonds. The number of ether oxygens (including phenoxy) is 1. The average molecular weight is 592 g/mol. The molecule has 7 nitrogen and oxygen atoms in total. The van der Waals surface area contributed by atoms with Gasteiger partial charge in [0.1, 0.15) is 11.5 Å². The second-order valence-corrected chi connectivity index (χ2v) is 10.2. The minimum absolute atomic E-state index is 0.0136. The average Bonchev–Trinajstić information content (AvgIpc) is 3.41. The standard InChI is InChI=1S/C32H29F4N5O2/c1-3-4-5-8-17-43-31(42)29(27-14-13-25(39-40-27)21-12-11-20(2)18-23(21)32(34,35)36)41-16-15-26-28(19-41)38-30(37-26)22-9-6-7-10-24(22)33/h6-7,9-16,18-19,29H,3-5,8,17H2,1-2H3. The highest BCUT2D eigenvalue weighted by atomic mass is 19.4. The van der Waals surface area contributed by atoms with Gasteiger partial charge in [-0.2, -0.15) is 23.4 Å². The Bertz CT molecular complexity index is 1680. The summed E-state index contributed by atoms with van der Waals surface area (Å²) in [6, 6.07) is 13.5. The summed E-state index contributed by atoms with van der Waals surface area (Å²) in [5, 5.41) is 8.25. The van der Waals surface area contributed by atoms with Crippen LogP contribution in [0, 0.1) is 12.7 Å². The van der Waals surface area contributed by atoms with Gasteiger partial charge >= 0.3 is 12.1 Å². The summed E-state index contributed by atoms with van der Waals surface area (Å²) in [7, 11) is 0. The van der Waals surface area contributed by atoms with Crippen LogP contribution in [0.1, 0.15) is 55.5 Å². The molecule has 222 valence electrons. The van der Waals surface area contributed by atoms with Crippen LogP contribution in [-0.4, -0.2) is 37.3 Å². The van der Waals surface area contributed by atoms with Crippen LogP contribution in [0.15, 0.2) is 73.1 Å². The Labute approximate surface area is 245 Å². The second kappa shape index (κ2) is 12.7. The van der Waals surface area contributed by atoms with Gasteiger partial charge in [-0.25, -0.2) is 19.2 Å². The third-order valence-electron chi connectivity index (χ3n) is 6.99. The van der Waals surface area contributed by atoms with Crippen molar-refractivity contribution < 1.29 is 27.1 Å². The van der Waals surface area contributed by atoms with Gasteiger partial charge in [0.25, 0.3) is 0 Å². The van der Waals surface area contributed by atoms with Crippen molar-refractivity contribution in [3.8, 4) is 34.0 Å². The number of imidazole rings is 1. The van der Waals surface area contributed by atoms with Gasteiger partial charge in [-0.05, 0) is 49.7 Å². The lowest BCUT2D eigenvalue weighted by Gasteiger charge is -2.20. The summed E-state index contributed by atoms with van der Waals surface area (Å²) in [5.41, 5.74) is 0.835. The molecule has 2 aliphatic rings. The van der Waals surface area contributed by atoms with E-state index in [-0.39, 0.29) is 34.9 Å². The van der Waals surface area contributed by atoms with Gasteiger partial charge in [-0.15, -0.1) is 0 Å². The number of aryl methyl sites for hydroxylation is 1. The number of halogens is 4. The fourth-order valence-corrected chi connectivity index (χ4v) is 4.77. The van der Waals surface area contributed by atoms with Gasteiger partial charge < -0.3 is 9.30 Å². The summed E-state index contributed by atoms with van der Waals surface area (Å²) < 4.78 is 62.8. The normalized spacial score (nSPS) is 12.4. The summed E-state index contributed by atoms with van der Waals surface area (Å²) in [5.74, 6) is -0.875. The smallest absolute Gasteiger partial charge is 0.417 e. The van der Waals surface area contributed by atoms with Crippen LogP contribution in [0.2, 0.25) is 0 Å². The maximum Gasteiger partial charge on any atom is 0.417 e. The molecule has 1 aromatic heterocycles. The summed E-state index contributed by atoms with van der Waals surface area (Å²) in [6.07, 6.45) is 2.23. The molecule has 0 spiro atoms. The third kappa shape index (κ3) is 6.71. The molecule has 0 bridgehead atoms. The predicted octanol–water partition coefficient (Wildman–Crippen LogP) is 7.69. The second-order valence-electron chi connectivity index (χ2n) is 10.2. The molecule has 0 saturated heterocycles. The zero-order valence-electron chi connectivity index (χ0n) is 23.6. The van der Waals surface area contributed by atoms with E-state index in [4.69, 9.17) is 4.74 Å². The van der Waals surface area contributed by atoms with E-state index >= 15 is 0 Å². The topological polar surface area (TPSA) is 82.8 Å². The zero-order chi connectivity index (χ0) is 30.6. The van der Waals surface area contributed by atoms with Crippen molar-refractivity contribution >= 4 is 5.97 Å². The third-order valence-corrected chi connectivity index (χ3v) is 6.99. The van der Waals surface area contributed by atoms with E-state index in [0.29, 0.717) is 23.4 Å². The molecule has 43 heavy (non-hydrogen) atoms. The maximum atomic E-state index is 14.4. The molecule has 3 aromatic rings. The van der Waals surface area contributed by atoms with Gasteiger partial charge in [-0.1, -0.05) is 56.0 Å². The molecular formula is C32H29F4N5O2. The first-order valence-corrected chi connectivity index (χ1v) is 13.9. The summed E-state index contributed by atoms with van der Waals surface area (Å²) >= 11 is 0. The van der Waals surface area contributed by atoms with Crippen LogP contribution < -0.4 is 0 Å². The molecule has 0 saturated carbocycles. The van der Waals surface area contributed by atoms with E-state index < -0.39 is 29.6 Å². The van der Waals surface area contributed by atoms with Gasteiger partial charge in [0.2, 0.25) is 0 Å². The first-order chi connectivity index (χ1) is 20.7. The lowest BCUT2D eigenvalue weighted by atomic mass is 10.0. The van der Waals surface area contributed by atoms with Crippen molar-refractivity contribution in [1.29, 1.82) is 0 Å². The number of carbonyl (C=O) groups excluding carboxylic acids is 1. The Balaban J connectivity index is 1.50. The molecule has 0 N–H and O–H groups in total. The zero-order valence-corrected chi connectivity index (χ0v) is 23.6. The summed E-state index contributed by atoms with van der Waals surface area (Å²) in [4.78, 5) is 22.3. The van der Waals surface area contributed by atoms with Crippen LogP contribution in [0.25, 0.3) is 34.0 Å². The largest absolute Gasteiger partial charge is 0.464 e. The van der Waals surface area contributed by atoms with E-state index in [1.54, 1.807) is 49.6 Å². The fraction of sp³-hybridized carbons (Fsp3) is 0.281. The Morgan fingerprint density at radius 2 is 1.70 bits per heavy atom. The summed E-state index contributed by atoms with van der Waals surface area (Å²) in [6.45, 7) is 3.86. The maximum absolute atomic E-state index is 14.4. The highest BCUT2D eigenvalue weighted by Gasteiger charge is 2.34. The Kier molecular flexibility index (Phi) is 8.79. The molecule has 3 heterocycles. The van der Waals surface area contributed by atoms with Crippen molar-refractivity contribution in [2.24, 2.45) is 0 Å². The van der Waals surface area contributed by atoms with E-state index in [1.807, 2.05) is 0 Å². The monoisotopic (exact) mass is 591 g/mol. The van der Waals surface area contributed by atoms with Crippen LogP contribution in [0.5, 0.6) is 0 Å². The number of aromatic nitrogens is 5. The van der Waals surface area contributed by atoms with Crippen molar-refractivity contribution in [1.82, 2.24) is 24.7 Å². The Morgan fingerprint density at radius 3 is 2.42 bits per heavy atom. The SMILES string of the molecule is CCCCCCOC(=O)C(c1ccc(-c2ccc(C)cc2C(F)(F)F)nn1)n1ccc2nc(-c3ccccc3F)nc-2c1. The molecule has 1 unspecified atom stereocenters. The van der Waals surface area contributed by atoms with Crippen LogP contribution in [0.3, 0.4) is 0 Å². The number of unbranched alkanes of at least 4 members (excludes halogenated alkanes) is 3. The fourth-order valence-electron chi connectivity index (χ4n) is 4.77. The molecule has 2 aromatic carbocycles. The van der Waals surface area contributed by atoms with Crippen LogP contribution in [-0.2, 0) is 15.7 Å². The highest BCUT2D eigenvalue weighted by Crippen LogP contribution is 2.37. The van der Waals surface area contributed by atoms with E-state index in [2.05, 4.69) is 27.1 Å². The minimum Gasteiger partial charge on any atom is -0.464 e. The number of hydrogen-bond donors (Lipinski definition) is 0. The number of rotatable bonds is 10. The van der Waals surface area contributed by atoms with Gasteiger partial charge in [0.05, 0.1) is 34.8 Å². The number of esters is 1. The number of benzene rings is 2. The van der Waals surface area contributed by atoms with Gasteiger partial charge in [-0.3, -0.25) is 0 Å². The van der Waals surface area contributed by atoms with E-state index in [0.717, 1.165) is 25.3 Å². The molecule has 11 heteroatoms. The number of pyridine rings is 1. The molecule has 0 radical (unpaired) electrons. The molecule has 5 rings (SSSR count). The lowest BCUT2D eigenvalue weighted by Crippen LogP contribution is -2.25. The molecule has 0 aliphatic carbocycles. The number of nitrogens with zero attached hydrogens (tertiary/aromatic N) is 5. The van der Waals surface area contributed by atoms with Crippen molar-refractivity contribution in [3.63, 3.8) is 0 Å². The highest BCUT2D eigenvalue weighted by molar-refractivity contribution is 5.78. The molecule has 0 fully saturated rings. The predicted molar refractivity (Wildman–Crippen MR) is 152 cm³/mol. The molecular weight excluding hydrogens is 562 g/mol.